The first-order valence-corrected chi connectivity index (χ1v) is 5.85. The van der Waals surface area contributed by atoms with Crippen LogP contribution in [0.15, 0.2) is 11.1 Å². The number of likely N-dealkylation sites (tertiary alicyclic amines) is 1. The van der Waals surface area contributed by atoms with Gasteiger partial charge in [-0.1, -0.05) is 26.3 Å². The van der Waals surface area contributed by atoms with Gasteiger partial charge in [0.05, 0.1) is 6.07 Å². The highest BCUT2D eigenvalue weighted by Gasteiger charge is 2.37. The molecule has 0 radical (unpaired) electrons. The lowest BCUT2D eigenvalue weighted by Crippen LogP contribution is -2.50. The van der Waals surface area contributed by atoms with Gasteiger partial charge in [-0.15, -0.1) is 0 Å². The van der Waals surface area contributed by atoms with Crippen LogP contribution in [0, 0.1) is 16.7 Å². The van der Waals surface area contributed by atoms with E-state index in [-0.39, 0.29) is 11.5 Å². The number of rotatable bonds is 0. The molecule has 0 bridgehead atoms. The van der Waals surface area contributed by atoms with Crippen molar-refractivity contribution in [1.82, 2.24) is 4.90 Å². The number of carbonyl (C=O) groups is 1. The van der Waals surface area contributed by atoms with Crippen LogP contribution in [0.4, 0.5) is 4.79 Å². The fourth-order valence-electron chi connectivity index (χ4n) is 2.28. The van der Waals surface area contributed by atoms with Gasteiger partial charge in [-0.05, 0) is 25.2 Å². The molecule has 1 aliphatic rings. The maximum absolute atomic E-state index is 11.2. The molecule has 1 heterocycles. The Kier molecular flexibility index (Phi) is 3.82. The minimum atomic E-state index is -0.862. The topological polar surface area (TPSA) is 64.3 Å². The van der Waals surface area contributed by atoms with Crippen LogP contribution in [-0.4, -0.2) is 28.7 Å². The standard InChI is InChI=1S/C13H20N2O2/c1-9(8-14)10-5-6-15(12(16)17)11(7-10)13(2,3)4/h11H,5-7H2,1-4H3,(H,16,17)/b10-9+. The highest BCUT2D eigenvalue weighted by Crippen LogP contribution is 2.35. The number of nitriles is 1. The van der Waals surface area contributed by atoms with Crippen LogP contribution in [0.5, 0.6) is 0 Å². The summed E-state index contributed by atoms with van der Waals surface area (Å²) in [7, 11) is 0. The molecule has 1 saturated heterocycles. The van der Waals surface area contributed by atoms with Crippen LogP contribution in [0.1, 0.15) is 40.5 Å². The van der Waals surface area contributed by atoms with Crippen LogP contribution in [0.25, 0.3) is 0 Å². The van der Waals surface area contributed by atoms with Gasteiger partial charge in [0.25, 0.3) is 0 Å². The van der Waals surface area contributed by atoms with Crippen molar-refractivity contribution >= 4 is 6.09 Å². The van der Waals surface area contributed by atoms with Crippen molar-refractivity contribution in [2.24, 2.45) is 5.41 Å². The molecule has 1 rings (SSSR count). The van der Waals surface area contributed by atoms with Crippen molar-refractivity contribution in [3.05, 3.63) is 11.1 Å². The van der Waals surface area contributed by atoms with E-state index in [9.17, 15) is 9.90 Å². The van der Waals surface area contributed by atoms with Gasteiger partial charge in [-0.2, -0.15) is 5.26 Å². The average Bonchev–Trinajstić information content (AvgIpc) is 2.25. The normalized spacial score (nSPS) is 24.2. The quantitative estimate of drug-likeness (QED) is 0.657. The maximum Gasteiger partial charge on any atom is 0.407 e. The SMILES string of the molecule is C/C(C#N)=C1/CCN(C(=O)O)C(C(C)(C)C)C1. The maximum atomic E-state index is 11.2. The molecule has 0 saturated carbocycles. The second kappa shape index (κ2) is 4.79. The molecule has 1 N–H and O–H groups in total. The number of hydrogen-bond acceptors (Lipinski definition) is 2. The Morgan fingerprint density at radius 1 is 1.53 bits per heavy atom. The van der Waals surface area contributed by atoms with Gasteiger partial charge in [0.1, 0.15) is 0 Å². The zero-order valence-corrected chi connectivity index (χ0v) is 10.9. The fraction of sp³-hybridized carbons (Fsp3) is 0.692. The third kappa shape index (κ3) is 3.00. The van der Waals surface area contributed by atoms with Crippen molar-refractivity contribution in [3.63, 3.8) is 0 Å². The average molecular weight is 236 g/mol. The van der Waals surface area contributed by atoms with Crippen molar-refractivity contribution < 1.29 is 9.90 Å². The largest absolute Gasteiger partial charge is 0.465 e. The molecule has 1 atom stereocenters. The Morgan fingerprint density at radius 2 is 2.12 bits per heavy atom. The summed E-state index contributed by atoms with van der Waals surface area (Å²) < 4.78 is 0. The number of carboxylic acid groups (broad SMARTS) is 1. The van der Waals surface area contributed by atoms with Crippen LogP contribution in [-0.2, 0) is 0 Å². The fourth-order valence-corrected chi connectivity index (χ4v) is 2.28. The second-order valence-electron chi connectivity index (χ2n) is 5.65. The Morgan fingerprint density at radius 3 is 2.53 bits per heavy atom. The van der Waals surface area contributed by atoms with E-state index in [1.807, 2.05) is 27.7 Å². The van der Waals surface area contributed by atoms with Gasteiger partial charge in [-0.3, -0.25) is 0 Å². The van der Waals surface area contributed by atoms with Gasteiger partial charge in [-0.25, -0.2) is 4.79 Å². The molecule has 0 spiro atoms. The van der Waals surface area contributed by atoms with Gasteiger partial charge in [0.2, 0.25) is 0 Å². The smallest absolute Gasteiger partial charge is 0.407 e. The van der Waals surface area contributed by atoms with Crippen molar-refractivity contribution in [1.29, 1.82) is 5.26 Å². The molecule has 4 heteroatoms. The third-order valence-corrected chi connectivity index (χ3v) is 3.41. The minimum absolute atomic E-state index is 0.0490. The molecule has 0 aromatic carbocycles. The lowest BCUT2D eigenvalue weighted by molar-refractivity contribution is 0.0719. The third-order valence-electron chi connectivity index (χ3n) is 3.41. The van der Waals surface area contributed by atoms with Crippen LogP contribution < -0.4 is 0 Å². The first-order valence-electron chi connectivity index (χ1n) is 5.85. The Hall–Kier alpha value is -1.50. The highest BCUT2D eigenvalue weighted by atomic mass is 16.4. The molecule has 4 nitrogen and oxygen atoms in total. The molecule has 0 aromatic rings. The van der Waals surface area contributed by atoms with Crippen LogP contribution in [0.3, 0.4) is 0 Å². The molecular formula is C13H20N2O2. The Balaban J connectivity index is 3.01. The van der Waals surface area contributed by atoms with Gasteiger partial charge in [0.15, 0.2) is 0 Å². The first kappa shape index (κ1) is 13.6. The monoisotopic (exact) mass is 236 g/mol. The van der Waals surface area contributed by atoms with E-state index in [4.69, 9.17) is 5.26 Å². The molecule has 1 amide bonds. The molecule has 0 aliphatic carbocycles. The summed E-state index contributed by atoms with van der Waals surface area (Å²) >= 11 is 0. The number of nitrogens with zero attached hydrogens (tertiary/aromatic N) is 2. The lowest BCUT2D eigenvalue weighted by atomic mass is 9.78. The van der Waals surface area contributed by atoms with E-state index in [0.717, 1.165) is 11.1 Å². The van der Waals surface area contributed by atoms with Gasteiger partial charge >= 0.3 is 6.09 Å². The van der Waals surface area contributed by atoms with Crippen molar-refractivity contribution in [3.8, 4) is 6.07 Å². The number of amides is 1. The molecule has 17 heavy (non-hydrogen) atoms. The highest BCUT2D eigenvalue weighted by molar-refractivity contribution is 5.66. The van der Waals surface area contributed by atoms with Crippen LogP contribution in [0.2, 0.25) is 0 Å². The first-order chi connectivity index (χ1) is 7.77. The summed E-state index contributed by atoms with van der Waals surface area (Å²) in [5.41, 5.74) is 1.73. The number of allylic oxidation sites excluding steroid dienone is 1. The zero-order valence-electron chi connectivity index (χ0n) is 10.9. The second-order valence-corrected chi connectivity index (χ2v) is 5.65. The van der Waals surface area contributed by atoms with Gasteiger partial charge < -0.3 is 10.0 Å². The van der Waals surface area contributed by atoms with Gasteiger partial charge in [0, 0.05) is 18.2 Å². The molecule has 0 aromatic heterocycles. The van der Waals surface area contributed by atoms with E-state index >= 15 is 0 Å². The minimum Gasteiger partial charge on any atom is -0.465 e. The summed E-state index contributed by atoms with van der Waals surface area (Å²) in [6, 6.07) is 2.12. The van der Waals surface area contributed by atoms with E-state index in [1.54, 1.807) is 0 Å². The lowest BCUT2D eigenvalue weighted by Gasteiger charge is -2.42. The summed E-state index contributed by atoms with van der Waals surface area (Å²) in [6.07, 6.45) is 0.492. The molecule has 1 aliphatic heterocycles. The van der Waals surface area contributed by atoms with E-state index in [0.29, 0.717) is 19.4 Å². The zero-order chi connectivity index (χ0) is 13.2. The number of piperidine rings is 1. The van der Waals surface area contributed by atoms with Crippen molar-refractivity contribution in [2.75, 3.05) is 6.54 Å². The van der Waals surface area contributed by atoms with Crippen LogP contribution >= 0.6 is 0 Å². The number of hydrogen-bond donors (Lipinski definition) is 1. The van der Waals surface area contributed by atoms with E-state index < -0.39 is 6.09 Å². The predicted molar refractivity (Wildman–Crippen MR) is 65.5 cm³/mol. The predicted octanol–water partition coefficient (Wildman–Crippen LogP) is 3.01. The molecule has 1 fully saturated rings. The molecule has 94 valence electrons. The Labute approximate surface area is 103 Å². The van der Waals surface area contributed by atoms with E-state index in [1.165, 1.54) is 4.90 Å². The molecule has 1 unspecified atom stereocenters. The summed E-state index contributed by atoms with van der Waals surface area (Å²) in [6.45, 7) is 8.42. The summed E-state index contributed by atoms with van der Waals surface area (Å²) in [4.78, 5) is 12.7. The van der Waals surface area contributed by atoms with E-state index in [2.05, 4.69) is 6.07 Å². The molecular weight excluding hydrogens is 216 g/mol. The van der Waals surface area contributed by atoms with Crippen molar-refractivity contribution in [2.45, 2.75) is 46.6 Å². The summed E-state index contributed by atoms with van der Waals surface area (Å²) in [5, 5.41) is 18.1. The Bertz CT molecular complexity index is 385. The summed E-state index contributed by atoms with van der Waals surface area (Å²) in [5.74, 6) is 0.